The van der Waals surface area contributed by atoms with Crippen molar-refractivity contribution < 1.29 is 13.9 Å². The number of nitrogens with one attached hydrogen (secondary N) is 2. The zero-order chi connectivity index (χ0) is 17.4. The zero-order valence-corrected chi connectivity index (χ0v) is 12.6. The van der Waals surface area contributed by atoms with Crippen molar-refractivity contribution in [3.63, 3.8) is 0 Å². The van der Waals surface area contributed by atoms with Crippen molar-refractivity contribution in [1.29, 1.82) is 5.41 Å². The molecule has 122 valence electrons. The van der Waals surface area contributed by atoms with Crippen LogP contribution in [0.1, 0.15) is 11.1 Å². The van der Waals surface area contributed by atoms with E-state index in [2.05, 4.69) is 4.98 Å². The number of halogens is 2. The molecule has 0 aliphatic heterocycles. The number of fused-ring (bicyclic) bond motifs is 1. The predicted molar refractivity (Wildman–Crippen MR) is 88.1 cm³/mol. The summed E-state index contributed by atoms with van der Waals surface area (Å²) < 4.78 is 28.8. The quantitative estimate of drug-likeness (QED) is 0.509. The summed E-state index contributed by atoms with van der Waals surface area (Å²) in [5, 5.41) is 18.4. The molecule has 3 aromatic rings. The molecule has 2 heterocycles. The third-order valence-corrected chi connectivity index (χ3v) is 3.82. The van der Waals surface area contributed by atoms with Crippen LogP contribution in [-0.4, -0.2) is 20.9 Å². The number of aromatic amines is 1. The van der Waals surface area contributed by atoms with E-state index in [1.807, 2.05) is 0 Å². The van der Waals surface area contributed by atoms with Gasteiger partial charge in [-0.3, -0.25) is 4.79 Å². The van der Waals surface area contributed by atoms with Gasteiger partial charge < -0.3 is 20.1 Å². The van der Waals surface area contributed by atoms with Gasteiger partial charge in [0.1, 0.15) is 11.3 Å². The van der Waals surface area contributed by atoms with Crippen LogP contribution in [-0.2, 0) is 7.05 Å². The van der Waals surface area contributed by atoms with Gasteiger partial charge >= 0.3 is 0 Å². The number of H-pyrrole nitrogens is 1. The molecule has 0 radical (unpaired) electrons. The minimum absolute atomic E-state index is 0.187. The van der Waals surface area contributed by atoms with Crippen molar-refractivity contribution >= 4 is 28.4 Å². The molecule has 0 fully saturated rings. The maximum atomic E-state index is 14.0. The van der Waals surface area contributed by atoms with E-state index in [1.165, 1.54) is 29.1 Å². The fraction of sp³-hybridized carbons (Fsp3) is 0.0588. The summed E-state index contributed by atoms with van der Waals surface area (Å²) in [5.41, 5.74) is -0.218. The minimum atomic E-state index is -1.15. The molecule has 0 atom stereocenters. The molecular weight excluding hydrogens is 316 g/mol. The average molecular weight is 329 g/mol. The maximum Gasteiger partial charge on any atom is 0.274 e. The van der Waals surface area contributed by atoms with Crippen LogP contribution in [0.5, 0.6) is 0 Å². The number of aliphatic hydroxyl groups excluding tert-OH is 1. The van der Waals surface area contributed by atoms with Crippen molar-refractivity contribution in [3.05, 3.63) is 69.8 Å². The largest absolute Gasteiger partial charge is 0.507 e. The maximum absolute atomic E-state index is 14.0. The van der Waals surface area contributed by atoms with Gasteiger partial charge in [-0.15, -0.1) is 0 Å². The minimum Gasteiger partial charge on any atom is -0.507 e. The molecule has 1 aromatic carbocycles. The molecule has 0 spiro atoms. The first-order valence-corrected chi connectivity index (χ1v) is 7.01. The predicted octanol–water partition coefficient (Wildman–Crippen LogP) is 3.22. The summed E-state index contributed by atoms with van der Waals surface area (Å²) in [6.45, 7) is 0. The van der Waals surface area contributed by atoms with Crippen molar-refractivity contribution in [3.8, 4) is 0 Å². The molecule has 2 aromatic heterocycles. The van der Waals surface area contributed by atoms with Crippen molar-refractivity contribution in [2.75, 3.05) is 0 Å². The summed E-state index contributed by atoms with van der Waals surface area (Å²) in [5.74, 6) is -2.65. The topological polar surface area (TPSA) is 81.9 Å². The Morgan fingerprint density at radius 2 is 2.04 bits per heavy atom. The lowest BCUT2D eigenvalue weighted by atomic mass is 10.0. The van der Waals surface area contributed by atoms with Gasteiger partial charge in [-0.25, -0.2) is 8.78 Å². The lowest BCUT2D eigenvalue weighted by Gasteiger charge is -2.08. The van der Waals surface area contributed by atoms with E-state index in [-0.39, 0.29) is 27.8 Å². The third kappa shape index (κ3) is 2.30. The Labute approximate surface area is 135 Å². The van der Waals surface area contributed by atoms with Crippen molar-refractivity contribution in [2.24, 2.45) is 7.05 Å². The third-order valence-electron chi connectivity index (χ3n) is 3.82. The molecule has 0 aliphatic rings. The van der Waals surface area contributed by atoms with Gasteiger partial charge in [0.05, 0.1) is 0 Å². The van der Waals surface area contributed by atoms with Gasteiger partial charge in [0.15, 0.2) is 11.6 Å². The Hall–Kier alpha value is -3.22. The normalized spacial score (nSPS) is 12.3. The number of hydrogen-bond donors (Lipinski definition) is 3. The van der Waals surface area contributed by atoms with Crippen LogP contribution < -0.4 is 5.56 Å². The molecule has 24 heavy (non-hydrogen) atoms. The SMILES string of the molecule is Cn1ccc2c(/C(O)=C(/C=N)c3cccc(F)c3F)c[nH]c2c1=O. The number of aliphatic hydroxyl groups is 1. The Morgan fingerprint density at radius 1 is 1.29 bits per heavy atom. The second-order valence-electron chi connectivity index (χ2n) is 5.23. The fourth-order valence-electron chi connectivity index (χ4n) is 2.54. The number of benzene rings is 1. The summed E-state index contributed by atoms with van der Waals surface area (Å²) in [4.78, 5) is 14.8. The summed E-state index contributed by atoms with van der Waals surface area (Å²) >= 11 is 0. The van der Waals surface area contributed by atoms with Crippen molar-refractivity contribution in [1.82, 2.24) is 9.55 Å². The van der Waals surface area contributed by atoms with Crippen LogP contribution in [0.25, 0.3) is 22.2 Å². The highest BCUT2D eigenvalue weighted by molar-refractivity contribution is 6.18. The second-order valence-corrected chi connectivity index (χ2v) is 5.23. The van der Waals surface area contributed by atoms with Crippen LogP contribution in [0, 0.1) is 17.0 Å². The Bertz CT molecular complexity index is 1050. The fourth-order valence-corrected chi connectivity index (χ4v) is 2.54. The Morgan fingerprint density at radius 3 is 2.75 bits per heavy atom. The van der Waals surface area contributed by atoms with E-state index in [9.17, 15) is 18.7 Å². The highest BCUT2D eigenvalue weighted by Gasteiger charge is 2.18. The molecule has 0 bridgehead atoms. The van der Waals surface area contributed by atoms with Gasteiger partial charge in [-0.1, -0.05) is 12.1 Å². The first-order valence-electron chi connectivity index (χ1n) is 7.01. The zero-order valence-electron chi connectivity index (χ0n) is 12.6. The van der Waals surface area contributed by atoms with Crippen LogP contribution in [0.2, 0.25) is 0 Å². The molecular formula is C17H13F2N3O2. The molecule has 3 N–H and O–H groups in total. The smallest absolute Gasteiger partial charge is 0.274 e. The molecule has 3 rings (SSSR count). The number of aromatic nitrogens is 2. The molecule has 7 heteroatoms. The van der Waals surface area contributed by atoms with E-state index < -0.39 is 17.4 Å². The van der Waals surface area contributed by atoms with E-state index in [1.54, 1.807) is 13.1 Å². The van der Waals surface area contributed by atoms with Gasteiger partial charge in [0.25, 0.3) is 5.56 Å². The summed E-state index contributed by atoms with van der Waals surface area (Å²) in [6.07, 6.45) is 3.66. The lowest BCUT2D eigenvalue weighted by molar-refractivity contribution is 0.503. The Kier molecular flexibility index (Phi) is 3.76. The van der Waals surface area contributed by atoms with Gasteiger partial charge in [0, 0.05) is 47.7 Å². The van der Waals surface area contributed by atoms with Crippen LogP contribution in [0.4, 0.5) is 8.78 Å². The van der Waals surface area contributed by atoms with Gasteiger partial charge in [0.2, 0.25) is 0 Å². The number of hydrogen-bond acceptors (Lipinski definition) is 3. The highest BCUT2D eigenvalue weighted by Crippen LogP contribution is 2.29. The van der Waals surface area contributed by atoms with Gasteiger partial charge in [-0.05, 0) is 12.1 Å². The van der Waals surface area contributed by atoms with Crippen LogP contribution in [0.15, 0.2) is 41.5 Å². The molecule has 0 saturated carbocycles. The average Bonchev–Trinajstić information content (AvgIpc) is 3.00. The standard InChI is InChI=1S/C17H13F2N3O2/c1-22-6-5-10-12(8-21-15(10)17(22)24)16(23)11(7-20)9-3-2-4-13(18)14(9)19/h2-8,20-21,23H,1H3/b16-11+,20-7?. The highest BCUT2D eigenvalue weighted by atomic mass is 19.2. The Balaban J connectivity index is 2.29. The van der Waals surface area contributed by atoms with Crippen molar-refractivity contribution in [2.45, 2.75) is 0 Å². The molecule has 0 aliphatic carbocycles. The molecule has 0 unspecified atom stereocenters. The van der Waals surface area contributed by atoms with E-state index in [4.69, 9.17) is 5.41 Å². The molecule has 0 saturated heterocycles. The number of pyridine rings is 1. The summed E-state index contributed by atoms with van der Waals surface area (Å²) in [7, 11) is 1.59. The number of allylic oxidation sites excluding steroid dienone is 1. The second kappa shape index (κ2) is 5.77. The molecule has 5 nitrogen and oxygen atoms in total. The summed E-state index contributed by atoms with van der Waals surface area (Å²) in [6, 6.07) is 5.12. The number of nitrogens with zero attached hydrogens (tertiary/aromatic N) is 1. The van der Waals surface area contributed by atoms with Crippen LogP contribution in [0.3, 0.4) is 0 Å². The van der Waals surface area contributed by atoms with Crippen LogP contribution >= 0.6 is 0 Å². The van der Waals surface area contributed by atoms with E-state index >= 15 is 0 Å². The van der Waals surface area contributed by atoms with E-state index in [0.717, 1.165) is 12.3 Å². The molecule has 0 amide bonds. The van der Waals surface area contributed by atoms with E-state index in [0.29, 0.717) is 5.39 Å². The number of rotatable bonds is 3. The lowest BCUT2D eigenvalue weighted by Crippen LogP contribution is -2.15. The monoisotopic (exact) mass is 329 g/mol. The number of aryl methyl sites for hydroxylation is 1. The van der Waals surface area contributed by atoms with Gasteiger partial charge in [-0.2, -0.15) is 0 Å². The first-order chi connectivity index (χ1) is 11.5. The first kappa shape index (κ1) is 15.7.